The van der Waals surface area contributed by atoms with Crippen molar-refractivity contribution in [3.63, 3.8) is 0 Å². The largest absolute Gasteiger partial charge is 0.478 e. The van der Waals surface area contributed by atoms with E-state index in [9.17, 15) is 9.90 Å². The van der Waals surface area contributed by atoms with Gasteiger partial charge in [-0.2, -0.15) is 0 Å². The lowest BCUT2D eigenvalue weighted by atomic mass is 10.1. The summed E-state index contributed by atoms with van der Waals surface area (Å²) < 4.78 is 0. The van der Waals surface area contributed by atoms with Crippen molar-refractivity contribution in [2.24, 2.45) is 0 Å². The first-order valence-corrected chi connectivity index (χ1v) is 5.50. The van der Waals surface area contributed by atoms with Crippen molar-refractivity contribution in [3.8, 4) is 0 Å². The minimum Gasteiger partial charge on any atom is -0.478 e. The molecule has 0 amide bonds. The van der Waals surface area contributed by atoms with E-state index >= 15 is 0 Å². The summed E-state index contributed by atoms with van der Waals surface area (Å²) in [4.78, 5) is 17.4. The number of rotatable bonds is 3. The minimum absolute atomic E-state index is 0.250. The Balaban J connectivity index is 2.16. The van der Waals surface area contributed by atoms with Crippen LogP contribution in [0.4, 0.5) is 11.6 Å². The maximum atomic E-state index is 11.4. The lowest BCUT2D eigenvalue weighted by Crippen LogP contribution is -2.01. The van der Waals surface area contributed by atoms with Gasteiger partial charge in [0.05, 0.1) is 0 Å². The van der Waals surface area contributed by atoms with Gasteiger partial charge in [-0.1, -0.05) is 18.2 Å². The SMILES string of the molecule is O=C(O)c1c(Nc2ccc[nH]2)[nH]c2ccccc12. The molecule has 0 fully saturated rings. The summed E-state index contributed by atoms with van der Waals surface area (Å²) in [6.07, 6.45) is 1.77. The van der Waals surface area contributed by atoms with Gasteiger partial charge in [-0.05, 0) is 18.2 Å². The van der Waals surface area contributed by atoms with Gasteiger partial charge in [-0.3, -0.25) is 0 Å². The number of fused-ring (bicyclic) bond motifs is 1. The van der Waals surface area contributed by atoms with E-state index in [2.05, 4.69) is 15.3 Å². The molecule has 0 aliphatic carbocycles. The topological polar surface area (TPSA) is 80.9 Å². The van der Waals surface area contributed by atoms with Crippen LogP contribution in [0.5, 0.6) is 0 Å². The number of para-hydroxylation sites is 1. The van der Waals surface area contributed by atoms with Crippen LogP contribution >= 0.6 is 0 Å². The molecule has 0 saturated carbocycles. The minimum atomic E-state index is -0.957. The smallest absolute Gasteiger partial charge is 0.340 e. The van der Waals surface area contributed by atoms with Crippen LogP contribution in [0.1, 0.15) is 10.4 Å². The number of hydrogen-bond donors (Lipinski definition) is 4. The standard InChI is InChI=1S/C13H11N3O2/c17-13(18)11-8-4-1-2-5-9(8)15-12(11)16-10-6-3-7-14-10/h1-7,14-16H,(H,17,18). The van der Waals surface area contributed by atoms with Gasteiger partial charge < -0.3 is 20.4 Å². The summed E-state index contributed by atoms with van der Waals surface area (Å²) in [6, 6.07) is 11.0. The van der Waals surface area contributed by atoms with E-state index in [0.717, 1.165) is 11.3 Å². The van der Waals surface area contributed by atoms with Gasteiger partial charge >= 0.3 is 5.97 Å². The van der Waals surface area contributed by atoms with Crippen molar-refractivity contribution in [2.75, 3.05) is 5.32 Å². The average molecular weight is 241 g/mol. The number of carboxylic acid groups (broad SMARTS) is 1. The van der Waals surface area contributed by atoms with Crippen molar-refractivity contribution in [3.05, 3.63) is 48.2 Å². The molecule has 3 aromatic rings. The molecule has 0 bridgehead atoms. The number of hydrogen-bond acceptors (Lipinski definition) is 2. The number of nitrogens with one attached hydrogen (secondary N) is 3. The summed E-state index contributed by atoms with van der Waals surface area (Å²) in [5.41, 5.74) is 1.05. The zero-order valence-electron chi connectivity index (χ0n) is 9.40. The quantitative estimate of drug-likeness (QED) is 0.569. The van der Waals surface area contributed by atoms with E-state index in [1.807, 2.05) is 30.3 Å². The second-order valence-corrected chi connectivity index (χ2v) is 3.93. The first-order valence-electron chi connectivity index (χ1n) is 5.50. The third-order valence-corrected chi connectivity index (χ3v) is 2.78. The maximum absolute atomic E-state index is 11.4. The van der Waals surface area contributed by atoms with Crippen molar-refractivity contribution < 1.29 is 9.90 Å². The predicted octanol–water partition coefficient (Wildman–Crippen LogP) is 2.94. The molecule has 0 unspecified atom stereocenters. The Morgan fingerprint density at radius 2 is 2.00 bits per heavy atom. The number of carboxylic acids is 1. The molecule has 3 rings (SSSR count). The highest BCUT2D eigenvalue weighted by Gasteiger charge is 2.17. The fraction of sp³-hybridized carbons (Fsp3) is 0. The van der Waals surface area contributed by atoms with Crippen molar-refractivity contribution in [1.82, 2.24) is 9.97 Å². The zero-order chi connectivity index (χ0) is 12.5. The van der Waals surface area contributed by atoms with Gasteiger partial charge in [0, 0.05) is 17.1 Å². The number of aromatic carboxylic acids is 1. The summed E-state index contributed by atoms with van der Waals surface area (Å²) in [5, 5.41) is 13.0. The average Bonchev–Trinajstić information content (AvgIpc) is 2.95. The van der Waals surface area contributed by atoms with Crippen LogP contribution in [0.3, 0.4) is 0 Å². The van der Waals surface area contributed by atoms with E-state index in [4.69, 9.17) is 0 Å². The normalized spacial score (nSPS) is 10.7. The van der Waals surface area contributed by atoms with E-state index in [1.54, 1.807) is 12.3 Å². The zero-order valence-corrected chi connectivity index (χ0v) is 9.40. The fourth-order valence-corrected chi connectivity index (χ4v) is 2.00. The van der Waals surface area contributed by atoms with Gasteiger partial charge in [-0.15, -0.1) is 0 Å². The Kier molecular flexibility index (Phi) is 2.30. The second kappa shape index (κ2) is 3.96. The van der Waals surface area contributed by atoms with Crippen molar-refractivity contribution in [1.29, 1.82) is 0 Å². The summed E-state index contributed by atoms with van der Waals surface area (Å²) in [6.45, 7) is 0. The Morgan fingerprint density at radius 3 is 2.72 bits per heavy atom. The summed E-state index contributed by atoms with van der Waals surface area (Å²) in [7, 11) is 0. The highest BCUT2D eigenvalue weighted by atomic mass is 16.4. The van der Waals surface area contributed by atoms with Crippen LogP contribution in [-0.2, 0) is 0 Å². The van der Waals surface area contributed by atoms with Gasteiger partial charge in [-0.25, -0.2) is 4.79 Å². The van der Waals surface area contributed by atoms with E-state index < -0.39 is 5.97 Å². The lowest BCUT2D eigenvalue weighted by molar-refractivity contribution is 0.0700. The first-order chi connectivity index (χ1) is 8.75. The number of carbonyl (C=O) groups is 1. The van der Waals surface area contributed by atoms with Crippen molar-refractivity contribution in [2.45, 2.75) is 0 Å². The Labute approximate surface area is 102 Å². The molecule has 0 saturated heterocycles. The Hall–Kier alpha value is -2.69. The van der Waals surface area contributed by atoms with Crippen LogP contribution in [0.2, 0.25) is 0 Å². The van der Waals surface area contributed by atoms with Gasteiger partial charge in [0.25, 0.3) is 0 Å². The molecule has 0 radical (unpaired) electrons. The molecule has 1 aromatic carbocycles. The molecule has 2 aromatic heterocycles. The molecule has 0 atom stereocenters. The number of benzene rings is 1. The van der Waals surface area contributed by atoms with Crippen LogP contribution in [0.25, 0.3) is 10.9 Å². The Bertz CT molecular complexity index is 698. The molecule has 90 valence electrons. The summed E-state index contributed by atoms with van der Waals surface area (Å²) >= 11 is 0. The van der Waals surface area contributed by atoms with Gasteiger partial charge in [0.1, 0.15) is 17.2 Å². The molecule has 2 heterocycles. The van der Waals surface area contributed by atoms with E-state index in [-0.39, 0.29) is 5.56 Å². The number of aromatic amines is 2. The molecular weight excluding hydrogens is 230 g/mol. The third-order valence-electron chi connectivity index (χ3n) is 2.78. The lowest BCUT2D eigenvalue weighted by Gasteiger charge is -2.02. The molecule has 5 heteroatoms. The van der Waals surface area contributed by atoms with Crippen LogP contribution in [-0.4, -0.2) is 21.0 Å². The molecule has 0 aliphatic heterocycles. The molecule has 0 aliphatic rings. The molecule has 0 spiro atoms. The second-order valence-electron chi connectivity index (χ2n) is 3.93. The predicted molar refractivity (Wildman–Crippen MR) is 69.3 cm³/mol. The van der Waals surface area contributed by atoms with Gasteiger partial charge in [0.15, 0.2) is 0 Å². The summed E-state index contributed by atoms with van der Waals surface area (Å²) in [5.74, 6) is 0.261. The monoisotopic (exact) mass is 241 g/mol. The van der Waals surface area contributed by atoms with Crippen molar-refractivity contribution >= 4 is 28.5 Å². The molecular formula is C13H11N3O2. The van der Waals surface area contributed by atoms with E-state index in [0.29, 0.717) is 11.2 Å². The molecule has 4 N–H and O–H groups in total. The molecule has 18 heavy (non-hydrogen) atoms. The fourth-order valence-electron chi connectivity index (χ4n) is 2.00. The highest BCUT2D eigenvalue weighted by molar-refractivity contribution is 6.08. The highest BCUT2D eigenvalue weighted by Crippen LogP contribution is 2.27. The number of anilines is 2. The van der Waals surface area contributed by atoms with Crippen LogP contribution < -0.4 is 5.32 Å². The first kappa shape index (κ1) is 10.5. The van der Waals surface area contributed by atoms with Crippen LogP contribution in [0, 0.1) is 0 Å². The van der Waals surface area contributed by atoms with E-state index in [1.165, 1.54) is 0 Å². The number of aromatic nitrogens is 2. The third kappa shape index (κ3) is 1.62. The number of H-pyrrole nitrogens is 2. The molecule has 5 nitrogen and oxygen atoms in total. The van der Waals surface area contributed by atoms with Crippen LogP contribution in [0.15, 0.2) is 42.6 Å². The Morgan fingerprint density at radius 1 is 1.17 bits per heavy atom. The maximum Gasteiger partial charge on any atom is 0.340 e. The van der Waals surface area contributed by atoms with Gasteiger partial charge in [0.2, 0.25) is 0 Å².